The maximum Gasteiger partial charge on any atom is 0.265 e. The normalized spacial score (nSPS) is 11.0. The number of H-pyrrole nitrogens is 1. The third-order valence-corrected chi connectivity index (χ3v) is 6.42. The summed E-state index contributed by atoms with van der Waals surface area (Å²) in [6, 6.07) is 24.8. The molecule has 1 heterocycles. The van der Waals surface area contributed by atoms with Gasteiger partial charge in [0.25, 0.3) is 5.56 Å². The summed E-state index contributed by atoms with van der Waals surface area (Å²) in [4.78, 5) is 20.1. The van der Waals surface area contributed by atoms with Crippen molar-refractivity contribution in [2.75, 3.05) is 0 Å². The highest BCUT2D eigenvalue weighted by atomic mass is 127. The van der Waals surface area contributed by atoms with Crippen molar-refractivity contribution in [2.24, 2.45) is 0 Å². The fourth-order valence-corrected chi connectivity index (χ4v) is 4.30. The number of nitrogens with one attached hydrogen (secondary N) is 1. The summed E-state index contributed by atoms with van der Waals surface area (Å²) >= 11 is 3.65. The summed E-state index contributed by atoms with van der Waals surface area (Å²) in [5.41, 5.74) is 3.14. The Morgan fingerprint density at radius 1 is 0.926 bits per heavy atom. The largest absolute Gasteiger partial charge is 0.301 e. The first-order valence-corrected chi connectivity index (χ1v) is 10.7. The molecule has 5 heteroatoms. The molecule has 4 aromatic rings. The Morgan fingerprint density at radius 2 is 1.67 bits per heavy atom. The van der Waals surface area contributed by atoms with Gasteiger partial charge in [0.15, 0.2) is 5.16 Å². The molecule has 3 nitrogen and oxygen atoms in total. The molecule has 27 heavy (non-hydrogen) atoms. The van der Waals surface area contributed by atoms with Crippen LogP contribution in [0.25, 0.3) is 10.8 Å². The first kappa shape index (κ1) is 18.3. The molecule has 1 N–H and O–H groups in total. The molecule has 0 radical (unpaired) electrons. The topological polar surface area (TPSA) is 45.8 Å². The monoisotopic (exact) mass is 484 g/mol. The Labute approximate surface area is 175 Å². The number of aromatic amines is 1. The van der Waals surface area contributed by atoms with Crippen LogP contribution in [0.5, 0.6) is 0 Å². The Kier molecular flexibility index (Phi) is 5.59. The minimum Gasteiger partial charge on any atom is -0.301 e. The van der Waals surface area contributed by atoms with E-state index in [1.807, 2.05) is 30.3 Å². The van der Waals surface area contributed by atoms with E-state index in [1.54, 1.807) is 11.8 Å². The second-order valence-electron chi connectivity index (χ2n) is 6.22. The van der Waals surface area contributed by atoms with Gasteiger partial charge in [-0.3, -0.25) is 4.79 Å². The van der Waals surface area contributed by atoms with Crippen LogP contribution < -0.4 is 5.56 Å². The van der Waals surface area contributed by atoms with E-state index in [-0.39, 0.29) is 5.56 Å². The Balaban J connectivity index is 1.64. The number of benzene rings is 3. The molecule has 0 saturated heterocycles. The number of halogens is 1. The fourth-order valence-electron chi connectivity index (χ4n) is 3.02. The molecule has 0 aliphatic rings. The lowest BCUT2D eigenvalue weighted by Gasteiger charge is -2.09. The van der Waals surface area contributed by atoms with E-state index in [9.17, 15) is 4.79 Å². The Morgan fingerprint density at radius 3 is 2.52 bits per heavy atom. The van der Waals surface area contributed by atoms with Gasteiger partial charge in [0.1, 0.15) is 3.57 Å². The molecule has 0 atom stereocenters. The van der Waals surface area contributed by atoms with Crippen LogP contribution in [0, 0.1) is 3.57 Å². The molecule has 0 unspecified atom stereocenters. The van der Waals surface area contributed by atoms with Crippen molar-refractivity contribution >= 4 is 45.1 Å². The van der Waals surface area contributed by atoms with E-state index in [0.717, 1.165) is 11.4 Å². The molecule has 134 valence electrons. The van der Waals surface area contributed by atoms with Crippen LogP contribution >= 0.6 is 34.4 Å². The third kappa shape index (κ3) is 4.25. The number of nitrogens with zero attached hydrogens (tertiary/aromatic N) is 1. The predicted octanol–water partition coefficient (Wildman–Crippen LogP) is 5.41. The van der Waals surface area contributed by atoms with Gasteiger partial charge in [-0.1, -0.05) is 84.6 Å². The average Bonchev–Trinajstić information content (AvgIpc) is 2.71. The van der Waals surface area contributed by atoms with Crippen LogP contribution in [0.1, 0.15) is 16.8 Å². The molecule has 4 rings (SSSR count). The number of fused-ring (bicyclic) bond motifs is 1. The number of thioether (sulfide) groups is 1. The van der Waals surface area contributed by atoms with Crippen molar-refractivity contribution in [1.29, 1.82) is 0 Å². The van der Waals surface area contributed by atoms with E-state index >= 15 is 0 Å². The molecule has 0 bridgehead atoms. The lowest BCUT2D eigenvalue weighted by molar-refractivity contribution is 0.867. The minimum absolute atomic E-state index is 0.0728. The lowest BCUT2D eigenvalue weighted by atomic mass is 10.0. The molecule has 0 amide bonds. The van der Waals surface area contributed by atoms with Crippen LogP contribution in [0.2, 0.25) is 0 Å². The van der Waals surface area contributed by atoms with Gasteiger partial charge in [0.2, 0.25) is 0 Å². The summed E-state index contributed by atoms with van der Waals surface area (Å²) < 4.78 is 0.657. The standard InChI is InChI=1S/C22H17IN2OS/c23-20-19(13-17-11-6-10-16-9-4-5-12-18(16)17)24-22(25-21(20)26)27-14-15-7-2-1-3-8-15/h1-12H,13-14H2,(H,24,25,26). The maximum absolute atomic E-state index is 12.4. The van der Waals surface area contributed by atoms with Crippen LogP contribution in [0.4, 0.5) is 0 Å². The highest BCUT2D eigenvalue weighted by Crippen LogP contribution is 2.24. The number of hydrogen-bond acceptors (Lipinski definition) is 3. The quantitative estimate of drug-likeness (QED) is 0.234. The number of aromatic nitrogens is 2. The summed E-state index contributed by atoms with van der Waals surface area (Å²) in [5, 5.41) is 3.07. The first-order chi connectivity index (χ1) is 13.2. The van der Waals surface area contributed by atoms with Crippen LogP contribution in [-0.2, 0) is 12.2 Å². The summed E-state index contributed by atoms with van der Waals surface area (Å²) in [7, 11) is 0. The number of rotatable bonds is 5. The van der Waals surface area contributed by atoms with Crippen molar-refractivity contribution in [1.82, 2.24) is 9.97 Å². The molecular weight excluding hydrogens is 467 g/mol. The van der Waals surface area contributed by atoms with Gasteiger partial charge in [-0.15, -0.1) is 0 Å². The van der Waals surface area contributed by atoms with Crippen molar-refractivity contribution in [2.45, 2.75) is 17.3 Å². The zero-order valence-corrected chi connectivity index (χ0v) is 17.5. The van der Waals surface area contributed by atoms with Gasteiger partial charge in [-0.2, -0.15) is 0 Å². The van der Waals surface area contributed by atoms with Crippen LogP contribution in [0.3, 0.4) is 0 Å². The van der Waals surface area contributed by atoms with Crippen LogP contribution in [0.15, 0.2) is 82.7 Å². The highest BCUT2D eigenvalue weighted by Gasteiger charge is 2.12. The van der Waals surface area contributed by atoms with Gasteiger partial charge in [0, 0.05) is 12.2 Å². The van der Waals surface area contributed by atoms with Crippen molar-refractivity contribution in [3.05, 3.63) is 104 Å². The zero-order valence-electron chi connectivity index (χ0n) is 14.5. The van der Waals surface area contributed by atoms with Gasteiger partial charge >= 0.3 is 0 Å². The molecule has 3 aromatic carbocycles. The maximum atomic E-state index is 12.4. The van der Waals surface area contributed by atoms with Gasteiger partial charge < -0.3 is 4.98 Å². The summed E-state index contributed by atoms with van der Waals surface area (Å²) in [6.07, 6.45) is 0.641. The second kappa shape index (κ2) is 8.27. The molecule has 0 spiro atoms. The lowest BCUT2D eigenvalue weighted by Crippen LogP contribution is -2.16. The molecule has 1 aromatic heterocycles. The molecule has 0 aliphatic heterocycles. The smallest absolute Gasteiger partial charge is 0.265 e. The minimum atomic E-state index is -0.0728. The first-order valence-electron chi connectivity index (χ1n) is 8.63. The third-order valence-electron chi connectivity index (χ3n) is 4.37. The van der Waals surface area contributed by atoms with Crippen molar-refractivity contribution in [3.63, 3.8) is 0 Å². The highest BCUT2D eigenvalue weighted by molar-refractivity contribution is 14.1. The summed E-state index contributed by atoms with van der Waals surface area (Å²) in [6.45, 7) is 0. The zero-order chi connectivity index (χ0) is 18.6. The number of hydrogen-bond donors (Lipinski definition) is 1. The van der Waals surface area contributed by atoms with Crippen molar-refractivity contribution in [3.8, 4) is 0 Å². The van der Waals surface area contributed by atoms with E-state index in [1.165, 1.54) is 21.9 Å². The Bertz CT molecular complexity index is 1140. The van der Waals surface area contributed by atoms with Crippen LogP contribution in [-0.4, -0.2) is 9.97 Å². The fraction of sp³-hybridized carbons (Fsp3) is 0.0909. The second-order valence-corrected chi connectivity index (χ2v) is 8.26. The molecule has 0 aliphatic carbocycles. The van der Waals surface area contributed by atoms with Gasteiger partial charge in [-0.25, -0.2) is 4.98 Å². The average molecular weight is 484 g/mol. The van der Waals surface area contributed by atoms with Gasteiger partial charge in [0.05, 0.1) is 5.69 Å². The van der Waals surface area contributed by atoms with Crippen molar-refractivity contribution < 1.29 is 0 Å². The van der Waals surface area contributed by atoms with Gasteiger partial charge in [-0.05, 0) is 44.5 Å². The predicted molar refractivity (Wildman–Crippen MR) is 120 cm³/mol. The summed E-state index contributed by atoms with van der Waals surface area (Å²) in [5.74, 6) is 0.776. The van der Waals surface area contributed by atoms with E-state index in [0.29, 0.717) is 15.1 Å². The van der Waals surface area contributed by atoms with E-state index in [4.69, 9.17) is 4.98 Å². The SMILES string of the molecule is O=c1[nH]c(SCc2ccccc2)nc(Cc2cccc3ccccc23)c1I. The Hall–Kier alpha value is -2.12. The molecule has 0 saturated carbocycles. The molecular formula is C22H17IN2OS. The van der Waals surface area contributed by atoms with E-state index in [2.05, 4.69) is 70.0 Å². The molecule has 0 fully saturated rings. The van der Waals surface area contributed by atoms with E-state index < -0.39 is 0 Å².